The number of ether oxygens (including phenoxy) is 1. The quantitative estimate of drug-likeness (QED) is 0.737. The standard InChI is InChI=1S/C19H20ClNO3S/c1-2-11-24-19(23)16-14-5-3-4-6-15(14)25-18(16)21-17(22)12-7-9-13(20)10-8-12/h7-10H,2-6,11H2,1H3,(H,21,22). The number of hydrogen-bond donors (Lipinski definition) is 1. The number of aryl methyl sites for hydroxylation is 1. The molecule has 2 aromatic rings. The summed E-state index contributed by atoms with van der Waals surface area (Å²) in [6.45, 7) is 2.34. The Kier molecular flexibility index (Phi) is 5.76. The number of benzene rings is 1. The van der Waals surface area contributed by atoms with Crippen LogP contribution in [0.15, 0.2) is 24.3 Å². The molecule has 0 aliphatic heterocycles. The van der Waals surface area contributed by atoms with Crippen molar-refractivity contribution in [2.24, 2.45) is 0 Å². The lowest BCUT2D eigenvalue weighted by molar-refractivity contribution is 0.0505. The second-order valence-corrected chi connectivity index (χ2v) is 7.55. The summed E-state index contributed by atoms with van der Waals surface area (Å²) in [7, 11) is 0. The Morgan fingerprint density at radius 1 is 1.20 bits per heavy atom. The number of carbonyl (C=O) groups excluding carboxylic acids is 2. The molecular formula is C19H20ClNO3S. The Bertz CT molecular complexity index is 783. The molecule has 0 saturated heterocycles. The van der Waals surface area contributed by atoms with Gasteiger partial charge in [-0.3, -0.25) is 4.79 Å². The van der Waals surface area contributed by atoms with Crippen molar-refractivity contribution in [3.8, 4) is 0 Å². The molecule has 0 spiro atoms. The number of carbonyl (C=O) groups is 2. The normalized spacial score (nSPS) is 13.2. The zero-order valence-corrected chi connectivity index (χ0v) is 15.6. The number of fused-ring (bicyclic) bond motifs is 1. The zero-order valence-electron chi connectivity index (χ0n) is 14.1. The first-order chi connectivity index (χ1) is 12.1. The number of nitrogens with one attached hydrogen (secondary N) is 1. The largest absolute Gasteiger partial charge is 0.462 e. The minimum Gasteiger partial charge on any atom is -0.462 e. The predicted molar refractivity (Wildman–Crippen MR) is 101 cm³/mol. The molecule has 1 aliphatic carbocycles. The number of thiophene rings is 1. The first kappa shape index (κ1) is 18.0. The third-order valence-corrected chi connectivity index (χ3v) is 5.61. The van der Waals surface area contributed by atoms with Gasteiger partial charge in [-0.1, -0.05) is 18.5 Å². The van der Waals surface area contributed by atoms with Gasteiger partial charge in [0.15, 0.2) is 0 Å². The minimum atomic E-state index is -0.340. The maximum absolute atomic E-state index is 12.5. The van der Waals surface area contributed by atoms with Gasteiger partial charge in [0.1, 0.15) is 5.00 Å². The number of halogens is 1. The highest BCUT2D eigenvalue weighted by Gasteiger charge is 2.27. The van der Waals surface area contributed by atoms with E-state index in [9.17, 15) is 9.59 Å². The highest BCUT2D eigenvalue weighted by molar-refractivity contribution is 7.17. The van der Waals surface area contributed by atoms with Crippen LogP contribution >= 0.6 is 22.9 Å². The van der Waals surface area contributed by atoms with Gasteiger partial charge in [-0.05, 0) is 61.9 Å². The smallest absolute Gasteiger partial charge is 0.341 e. The van der Waals surface area contributed by atoms with Crippen molar-refractivity contribution in [1.29, 1.82) is 0 Å². The molecule has 1 amide bonds. The van der Waals surface area contributed by atoms with Crippen molar-refractivity contribution in [2.75, 3.05) is 11.9 Å². The summed E-state index contributed by atoms with van der Waals surface area (Å²) in [5, 5.41) is 4.06. The molecule has 0 unspecified atom stereocenters. The number of anilines is 1. The molecule has 1 heterocycles. The molecule has 1 aliphatic rings. The van der Waals surface area contributed by atoms with Gasteiger partial charge in [0.25, 0.3) is 5.91 Å². The monoisotopic (exact) mass is 377 g/mol. The highest BCUT2D eigenvalue weighted by atomic mass is 35.5. The first-order valence-electron chi connectivity index (χ1n) is 8.48. The molecule has 1 aromatic carbocycles. The molecule has 1 N–H and O–H groups in total. The van der Waals surface area contributed by atoms with Crippen LogP contribution in [0.2, 0.25) is 5.02 Å². The van der Waals surface area contributed by atoms with E-state index in [4.69, 9.17) is 16.3 Å². The van der Waals surface area contributed by atoms with Gasteiger partial charge in [-0.15, -0.1) is 11.3 Å². The van der Waals surface area contributed by atoms with Crippen LogP contribution in [0.4, 0.5) is 5.00 Å². The van der Waals surface area contributed by atoms with Crippen molar-refractivity contribution >= 4 is 39.8 Å². The van der Waals surface area contributed by atoms with E-state index < -0.39 is 0 Å². The summed E-state index contributed by atoms with van der Waals surface area (Å²) >= 11 is 7.36. The third-order valence-electron chi connectivity index (χ3n) is 4.15. The Hall–Kier alpha value is -1.85. The Morgan fingerprint density at radius 2 is 1.92 bits per heavy atom. The molecule has 3 rings (SSSR count). The van der Waals surface area contributed by atoms with E-state index in [0.717, 1.165) is 37.7 Å². The van der Waals surface area contributed by atoms with Crippen molar-refractivity contribution in [1.82, 2.24) is 0 Å². The number of amides is 1. The van der Waals surface area contributed by atoms with E-state index in [1.807, 2.05) is 6.92 Å². The van der Waals surface area contributed by atoms with Crippen LogP contribution in [-0.2, 0) is 17.6 Å². The molecule has 0 bridgehead atoms. The maximum Gasteiger partial charge on any atom is 0.341 e. The topological polar surface area (TPSA) is 55.4 Å². The van der Waals surface area contributed by atoms with Crippen LogP contribution in [0.1, 0.15) is 57.3 Å². The van der Waals surface area contributed by atoms with Crippen molar-refractivity contribution < 1.29 is 14.3 Å². The van der Waals surface area contributed by atoms with Crippen LogP contribution in [0.3, 0.4) is 0 Å². The van der Waals surface area contributed by atoms with Crippen LogP contribution in [0.25, 0.3) is 0 Å². The summed E-state index contributed by atoms with van der Waals surface area (Å²) in [5.41, 5.74) is 2.09. The Morgan fingerprint density at radius 3 is 2.64 bits per heavy atom. The lowest BCUT2D eigenvalue weighted by Crippen LogP contribution is -2.16. The van der Waals surface area contributed by atoms with Gasteiger partial charge in [0.2, 0.25) is 0 Å². The molecular weight excluding hydrogens is 358 g/mol. The number of hydrogen-bond acceptors (Lipinski definition) is 4. The Labute approximate surface area is 156 Å². The van der Waals surface area contributed by atoms with E-state index in [1.54, 1.807) is 24.3 Å². The molecule has 0 saturated carbocycles. The zero-order chi connectivity index (χ0) is 17.8. The lowest BCUT2D eigenvalue weighted by atomic mass is 9.95. The summed E-state index contributed by atoms with van der Waals surface area (Å²) in [6.07, 6.45) is 4.75. The summed E-state index contributed by atoms with van der Waals surface area (Å²) in [5.74, 6) is -0.590. The minimum absolute atomic E-state index is 0.250. The van der Waals surface area contributed by atoms with Crippen molar-refractivity contribution in [2.45, 2.75) is 39.0 Å². The average molecular weight is 378 g/mol. The van der Waals surface area contributed by atoms with Crippen molar-refractivity contribution in [3.05, 3.63) is 50.9 Å². The fourth-order valence-corrected chi connectivity index (χ4v) is 4.31. The van der Waals surface area contributed by atoms with Crippen LogP contribution < -0.4 is 5.32 Å². The molecule has 1 aromatic heterocycles. The van der Waals surface area contributed by atoms with Gasteiger partial charge in [-0.25, -0.2) is 4.79 Å². The van der Waals surface area contributed by atoms with Gasteiger partial charge in [-0.2, -0.15) is 0 Å². The molecule has 0 atom stereocenters. The fraction of sp³-hybridized carbons (Fsp3) is 0.368. The SMILES string of the molecule is CCCOC(=O)c1c(NC(=O)c2ccc(Cl)cc2)sc2c1CCCC2. The lowest BCUT2D eigenvalue weighted by Gasteiger charge is -2.12. The highest BCUT2D eigenvalue weighted by Crippen LogP contribution is 2.38. The number of esters is 1. The number of rotatable bonds is 5. The fourth-order valence-electron chi connectivity index (χ4n) is 2.91. The molecule has 25 heavy (non-hydrogen) atoms. The summed E-state index contributed by atoms with van der Waals surface area (Å²) in [6, 6.07) is 6.68. The summed E-state index contributed by atoms with van der Waals surface area (Å²) < 4.78 is 5.34. The average Bonchev–Trinajstić information content (AvgIpc) is 2.98. The van der Waals surface area contributed by atoms with E-state index >= 15 is 0 Å². The van der Waals surface area contributed by atoms with Gasteiger partial charge in [0.05, 0.1) is 12.2 Å². The van der Waals surface area contributed by atoms with Gasteiger partial charge >= 0.3 is 5.97 Å². The summed E-state index contributed by atoms with van der Waals surface area (Å²) in [4.78, 5) is 26.2. The van der Waals surface area contributed by atoms with Crippen molar-refractivity contribution in [3.63, 3.8) is 0 Å². The molecule has 0 fully saturated rings. The Balaban J connectivity index is 1.89. The van der Waals surface area contributed by atoms with Gasteiger partial charge < -0.3 is 10.1 Å². The van der Waals surface area contributed by atoms with E-state index in [2.05, 4.69) is 5.32 Å². The van der Waals surface area contributed by atoms with Gasteiger partial charge in [0, 0.05) is 15.5 Å². The second-order valence-electron chi connectivity index (χ2n) is 6.01. The maximum atomic E-state index is 12.5. The third kappa shape index (κ3) is 4.05. The van der Waals surface area contributed by atoms with E-state index in [1.165, 1.54) is 16.2 Å². The predicted octanol–water partition coefficient (Wildman–Crippen LogP) is 5.10. The van der Waals surface area contributed by atoms with Crippen LogP contribution in [0.5, 0.6) is 0 Å². The van der Waals surface area contributed by atoms with E-state index in [-0.39, 0.29) is 11.9 Å². The van der Waals surface area contributed by atoms with Crippen LogP contribution in [0, 0.1) is 0 Å². The second kappa shape index (κ2) is 8.02. The molecule has 6 heteroatoms. The first-order valence-corrected chi connectivity index (χ1v) is 9.68. The molecule has 4 nitrogen and oxygen atoms in total. The molecule has 0 radical (unpaired) electrons. The molecule has 132 valence electrons. The van der Waals surface area contributed by atoms with Crippen LogP contribution in [-0.4, -0.2) is 18.5 Å². The van der Waals surface area contributed by atoms with E-state index in [0.29, 0.717) is 27.8 Å².